The van der Waals surface area contributed by atoms with Crippen molar-refractivity contribution in [3.63, 3.8) is 0 Å². The summed E-state index contributed by atoms with van der Waals surface area (Å²) in [5.74, 6) is -0.817. The Hall–Kier alpha value is -2.89. The molecule has 26 heavy (non-hydrogen) atoms. The largest absolute Gasteiger partial charge is 0.342 e. The van der Waals surface area contributed by atoms with Crippen molar-refractivity contribution >= 4 is 16.6 Å². The van der Waals surface area contributed by atoms with Crippen LogP contribution in [0.5, 0.6) is 0 Å². The molecule has 0 fully saturated rings. The van der Waals surface area contributed by atoms with Gasteiger partial charge >= 0.3 is 0 Å². The zero-order chi connectivity index (χ0) is 18.1. The Bertz CT molecular complexity index is 1020. The van der Waals surface area contributed by atoms with Gasteiger partial charge in [-0.1, -0.05) is 25.1 Å². The van der Waals surface area contributed by atoms with Crippen molar-refractivity contribution in [2.75, 3.05) is 0 Å². The number of imidazole rings is 1. The predicted molar refractivity (Wildman–Crippen MR) is 96.5 cm³/mol. The second-order valence-corrected chi connectivity index (χ2v) is 6.57. The number of H-pyrrole nitrogens is 1. The Morgan fingerprint density at radius 1 is 1.08 bits per heavy atom. The fraction of sp³-hybridized carbons (Fsp3) is 0.250. The quantitative estimate of drug-likeness (QED) is 0.740. The maximum atomic E-state index is 14.1. The van der Waals surface area contributed by atoms with Gasteiger partial charge in [-0.2, -0.15) is 0 Å². The zero-order valence-electron chi connectivity index (χ0n) is 14.3. The van der Waals surface area contributed by atoms with Crippen molar-refractivity contribution in [2.24, 2.45) is 5.92 Å². The second-order valence-electron chi connectivity index (χ2n) is 6.57. The molecule has 2 aromatic heterocycles. The van der Waals surface area contributed by atoms with Gasteiger partial charge in [0.15, 0.2) is 5.83 Å². The molecule has 0 radical (unpaired) electrons. The Kier molecular flexibility index (Phi) is 4.32. The van der Waals surface area contributed by atoms with Crippen LogP contribution in [0, 0.1) is 5.92 Å². The van der Waals surface area contributed by atoms with Crippen LogP contribution in [0.15, 0.2) is 54.4 Å². The second kappa shape index (κ2) is 6.78. The molecule has 1 aromatic carbocycles. The summed E-state index contributed by atoms with van der Waals surface area (Å²) in [7, 11) is 0. The summed E-state index contributed by atoms with van der Waals surface area (Å²) in [6.45, 7) is 1.86. The number of hydrogen-bond acceptors (Lipinski definition) is 3. The van der Waals surface area contributed by atoms with Gasteiger partial charge in [0.1, 0.15) is 11.7 Å². The Morgan fingerprint density at radius 3 is 2.73 bits per heavy atom. The fourth-order valence-corrected chi connectivity index (χ4v) is 3.13. The topological polar surface area (TPSA) is 54.5 Å². The molecule has 1 N–H and O–H groups in total. The summed E-state index contributed by atoms with van der Waals surface area (Å²) in [6.07, 6.45) is 6.44. The minimum atomic E-state index is -0.793. The molecule has 0 aliphatic heterocycles. The van der Waals surface area contributed by atoms with E-state index in [1.165, 1.54) is 0 Å². The number of aryl methyl sites for hydroxylation is 2. The summed E-state index contributed by atoms with van der Waals surface area (Å²) in [4.78, 5) is 16.4. The normalized spacial score (nSPS) is 17.7. The number of fused-ring (bicyclic) bond motifs is 1. The molecule has 1 aliphatic rings. The van der Waals surface area contributed by atoms with Gasteiger partial charge in [-0.05, 0) is 24.5 Å². The standard InChI is InChI=1S/C20H18F2N4/c1-12-8-14(20(22)15(21)9-12)18-11-24-19(26-18)7-6-13-10-23-16-4-2-3-5-17(16)25-13/h2-5,8,10-12H,6-7,9H2,1H3,(H,24,26). The predicted octanol–water partition coefficient (Wildman–Crippen LogP) is 4.71. The van der Waals surface area contributed by atoms with Crippen LogP contribution in [0.3, 0.4) is 0 Å². The van der Waals surface area contributed by atoms with E-state index in [9.17, 15) is 8.78 Å². The monoisotopic (exact) mass is 352 g/mol. The first-order valence-electron chi connectivity index (χ1n) is 8.61. The number of para-hydroxylation sites is 2. The van der Waals surface area contributed by atoms with Crippen LogP contribution >= 0.6 is 0 Å². The summed E-state index contributed by atoms with van der Waals surface area (Å²) in [5, 5.41) is 0. The summed E-state index contributed by atoms with van der Waals surface area (Å²) in [5.41, 5.74) is 3.34. The van der Waals surface area contributed by atoms with E-state index in [1.807, 2.05) is 31.2 Å². The van der Waals surface area contributed by atoms with Gasteiger partial charge in [-0.3, -0.25) is 4.98 Å². The Balaban J connectivity index is 1.50. The average molecular weight is 352 g/mol. The molecule has 0 saturated heterocycles. The number of rotatable bonds is 4. The number of halogens is 2. The van der Waals surface area contributed by atoms with Crippen LogP contribution in [0.1, 0.15) is 30.6 Å². The molecule has 3 aromatic rings. The number of aromatic nitrogens is 4. The lowest BCUT2D eigenvalue weighted by molar-refractivity contribution is 0.485. The van der Waals surface area contributed by atoms with Crippen molar-refractivity contribution in [1.29, 1.82) is 0 Å². The van der Waals surface area contributed by atoms with Crippen LogP contribution in [0.4, 0.5) is 8.78 Å². The van der Waals surface area contributed by atoms with Crippen LogP contribution in [-0.4, -0.2) is 19.9 Å². The maximum absolute atomic E-state index is 14.1. The number of hydrogen-bond donors (Lipinski definition) is 1. The molecule has 132 valence electrons. The molecular formula is C20H18F2N4. The van der Waals surface area contributed by atoms with Gasteiger partial charge < -0.3 is 4.98 Å². The molecule has 0 saturated carbocycles. The smallest absolute Gasteiger partial charge is 0.163 e. The SMILES string of the molecule is CC1C=C(c2cnc(CCc3cnc4ccccc4n3)[nH]2)C(F)=C(F)C1. The number of benzene rings is 1. The zero-order valence-corrected chi connectivity index (χ0v) is 14.3. The molecule has 1 atom stereocenters. The Morgan fingerprint density at radius 2 is 1.88 bits per heavy atom. The first-order valence-corrected chi connectivity index (χ1v) is 8.61. The third kappa shape index (κ3) is 3.27. The van der Waals surface area contributed by atoms with Crippen LogP contribution in [0.25, 0.3) is 16.6 Å². The molecule has 1 unspecified atom stereocenters. The minimum Gasteiger partial charge on any atom is -0.342 e. The number of allylic oxidation sites excluding steroid dienone is 4. The van der Waals surface area contributed by atoms with Crippen molar-refractivity contribution in [1.82, 2.24) is 19.9 Å². The van der Waals surface area contributed by atoms with E-state index in [1.54, 1.807) is 18.5 Å². The lowest BCUT2D eigenvalue weighted by atomic mass is 9.95. The highest BCUT2D eigenvalue weighted by Gasteiger charge is 2.22. The highest BCUT2D eigenvalue weighted by molar-refractivity contribution is 5.76. The molecule has 4 rings (SSSR count). The summed E-state index contributed by atoms with van der Waals surface area (Å²) in [6, 6.07) is 7.71. The van der Waals surface area contributed by atoms with E-state index in [0.29, 0.717) is 24.4 Å². The van der Waals surface area contributed by atoms with E-state index >= 15 is 0 Å². The number of nitrogens with one attached hydrogen (secondary N) is 1. The lowest BCUT2D eigenvalue weighted by Gasteiger charge is -2.15. The van der Waals surface area contributed by atoms with Crippen LogP contribution < -0.4 is 0 Å². The van der Waals surface area contributed by atoms with E-state index in [2.05, 4.69) is 19.9 Å². The van der Waals surface area contributed by atoms with E-state index in [0.717, 1.165) is 16.7 Å². The molecule has 4 nitrogen and oxygen atoms in total. The Labute approximate surface area is 149 Å². The first kappa shape index (κ1) is 16.6. The van der Waals surface area contributed by atoms with Gasteiger partial charge in [0.25, 0.3) is 0 Å². The molecular weight excluding hydrogens is 334 g/mol. The summed E-state index contributed by atoms with van der Waals surface area (Å²) < 4.78 is 27.8. The van der Waals surface area contributed by atoms with Gasteiger partial charge in [0.05, 0.1) is 28.6 Å². The van der Waals surface area contributed by atoms with Crippen molar-refractivity contribution in [2.45, 2.75) is 26.2 Å². The summed E-state index contributed by atoms with van der Waals surface area (Å²) >= 11 is 0. The highest BCUT2D eigenvalue weighted by Crippen LogP contribution is 2.35. The average Bonchev–Trinajstić information content (AvgIpc) is 3.11. The lowest BCUT2D eigenvalue weighted by Crippen LogP contribution is -2.03. The molecule has 0 amide bonds. The van der Waals surface area contributed by atoms with E-state index < -0.39 is 11.7 Å². The fourth-order valence-electron chi connectivity index (χ4n) is 3.13. The third-order valence-electron chi connectivity index (χ3n) is 4.46. The van der Waals surface area contributed by atoms with Crippen molar-refractivity contribution < 1.29 is 8.78 Å². The molecule has 0 bridgehead atoms. The first-order chi connectivity index (χ1) is 12.6. The number of nitrogens with zero attached hydrogens (tertiary/aromatic N) is 3. The number of aromatic amines is 1. The molecule has 6 heteroatoms. The third-order valence-corrected chi connectivity index (χ3v) is 4.46. The van der Waals surface area contributed by atoms with E-state index in [-0.39, 0.29) is 17.9 Å². The molecule has 2 heterocycles. The van der Waals surface area contributed by atoms with Crippen LogP contribution in [-0.2, 0) is 12.8 Å². The molecule has 0 spiro atoms. The highest BCUT2D eigenvalue weighted by atomic mass is 19.2. The van der Waals surface area contributed by atoms with Crippen molar-refractivity contribution in [3.8, 4) is 0 Å². The van der Waals surface area contributed by atoms with Gasteiger partial charge in [0.2, 0.25) is 0 Å². The minimum absolute atomic E-state index is 0.0378. The maximum Gasteiger partial charge on any atom is 0.163 e. The van der Waals surface area contributed by atoms with Gasteiger partial charge in [0, 0.05) is 24.6 Å². The van der Waals surface area contributed by atoms with Crippen LogP contribution in [0.2, 0.25) is 0 Å². The van der Waals surface area contributed by atoms with E-state index in [4.69, 9.17) is 0 Å². The van der Waals surface area contributed by atoms with Crippen molar-refractivity contribution in [3.05, 3.63) is 71.6 Å². The van der Waals surface area contributed by atoms with Gasteiger partial charge in [-0.25, -0.2) is 18.7 Å². The van der Waals surface area contributed by atoms with Gasteiger partial charge in [-0.15, -0.1) is 0 Å². The molecule has 1 aliphatic carbocycles.